The van der Waals surface area contributed by atoms with Crippen LogP contribution in [0.2, 0.25) is 0 Å². The van der Waals surface area contributed by atoms with Crippen LogP contribution in [0, 0.1) is 0 Å². The summed E-state index contributed by atoms with van der Waals surface area (Å²) in [6.07, 6.45) is 1.66. The van der Waals surface area contributed by atoms with Crippen molar-refractivity contribution in [1.29, 1.82) is 0 Å². The zero-order chi connectivity index (χ0) is 13.0. The second-order valence-electron chi connectivity index (χ2n) is 4.33. The van der Waals surface area contributed by atoms with Gasteiger partial charge < -0.3 is 10.5 Å². The topological polar surface area (TPSA) is 61.0 Å². The molecule has 1 aromatic heterocycles. The summed E-state index contributed by atoms with van der Waals surface area (Å²) >= 11 is 0. The van der Waals surface area contributed by atoms with Crippen molar-refractivity contribution in [2.24, 2.45) is 5.73 Å². The summed E-state index contributed by atoms with van der Waals surface area (Å²) in [5.74, 6) is 1.18. The van der Waals surface area contributed by atoms with E-state index in [1.165, 1.54) is 0 Å². The second kappa shape index (κ2) is 5.60. The molecule has 0 bridgehead atoms. The lowest BCUT2D eigenvalue weighted by molar-refractivity contribution is 0.432. The van der Waals surface area contributed by atoms with Gasteiger partial charge in [-0.25, -0.2) is 4.98 Å². The summed E-state index contributed by atoms with van der Waals surface area (Å²) in [5.41, 5.74) is 7.45. The van der Waals surface area contributed by atoms with Gasteiger partial charge in [0.2, 0.25) is 0 Å². The Bertz CT molecular complexity index is 526. The van der Waals surface area contributed by atoms with E-state index in [1.807, 2.05) is 24.3 Å². The molecule has 0 aliphatic heterocycles. The molecule has 4 nitrogen and oxygen atoms in total. The van der Waals surface area contributed by atoms with Crippen LogP contribution in [0.15, 0.2) is 36.5 Å². The maximum absolute atomic E-state index is 5.74. The minimum Gasteiger partial charge on any atom is -0.424 e. The molecule has 4 heteroatoms. The molecule has 94 valence electrons. The normalized spacial score (nSPS) is 10.7. The van der Waals surface area contributed by atoms with Gasteiger partial charge in [0.05, 0.1) is 5.69 Å². The maximum atomic E-state index is 5.74. The molecule has 0 unspecified atom stereocenters. The number of aromatic nitrogens is 2. The van der Waals surface area contributed by atoms with Crippen molar-refractivity contribution in [3.63, 3.8) is 0 Å². The highest BCUT2D eigenvalue weighted by Crippen LogP contribution is 2.28. The fraction of sp³-hybridized carbons (Fsp3) is 0.286. The number of hydrogen-bond acceptors (Lipinski definition) is 4. The van der Waals surface area contributed by atoms with E-state index in [1.54, 1.807) is 12.3 Å². The Kier molecular flexibility index (Phi) is 3.89. The standard InChI is InChI=1S/C14H17N3O/c1-10(2)12-5-3-4-6-13(12)18-14-16-8-7-11(9-15)17-14/h3-8,10H,9,15H2,1-2H3. The molecule has 2 rings (SSSR count). The van der Waals surface area contributed by atoms with Crippen molar-refractivity contribution in [3.8, 4) is 11.8 Å². The highest BCUT2D eigenvalue weighted by atomic mass is 16.5. The summed E-state index contributed by atoms with van der Waals surface area (Å²) in [6, 6.07) is 10.0. The molecule has 18 heavy (non-hydrogen) atoms. The van der Waals surface area contributed by atoms with Gasteiger partial charge in [-0.1, -0.05) is 32.0 Å². The summed E-state index contributed by atoms with van der Waals surface area (Å²) in [5, 5.41) is 0. The largest absolute Gasteiger partial charge is 0.424 e. The Morgan fingerprint density at radius 2 is 2.00 bits per heavy atom. The number of rotatable bonds is 4. The number of nitrogens with zero attached hydrogens (tertiary/aromatic N) is 2. The number of benzene rings is 1. The van der Waals surface area contributed by atoms with Crippen LogP contribution in [0.25, 0.3) is 0 Å². The lowest BCUT2D eigenvalue weighted by atomic mass is 10.0. The van der Waals surface area contributed by atoms with E-state index < -0.39 is 0 Å². The fourth-order valence-corrected chi connectivity index (χ4v) is 1.69. The van der Waals surface area contributed by atoms with Crippen LogP contribution >= 0.6 is 0 Å². The van der Waals surface area contributed by atoms with Crippen LogP contribution in [0.5, 0.6) is 11.8 Å². The second-order valence-corrected chi connectivity index (χ2v) is 4.33. The van der Waals surface area contributed by atoms with E-state index in [0.717, 1.165) is 17.0 Å². The third-order valence-corrected chi connectivity index (χ3v) is 2.64. The van der Waals surface area contributed by atoms with Crippen molar-refractivity contribution < 1.29 is 4.74 Å². The van der Waals surface area contributed by atoms with Crippen LogP contribution in [-0.4, -0.2) is 9.97 Å². The van der Waals surface area contributed by atoms with Gasteiger partial charge in [0.15, 0.2) is 0 Å². The molecule has 2 aromatic rings. The minimum absolute atomic E-state index is 0.339. The first kappa shape index (κ1) is 12.5. The number of ether oxygens (including phenoxy) is 1. The van der Waals surface area contributed by atoms with Gasteiger partial charge in [-0.05, 0) is 23.6 Å². The number of para-hydroxylation sites is 1. The van der Waals surface area contributed by atoms with Crippen LogP contribution in [0.1, 0.15) is 31.0 Å². The van der Waals surface area contributed by atoms with Gasteiger partial charge in [-0.15, -0.1) is 0 Å². The fourth-order valence-electron chi connectivity index (χ4n) is 1.69. The van der Waals surface area contributed by atoms with E-state index in [9.17, 15) is 0 Å². The zero-order valence-electron chi connectivity index (χ0n) is 10.6. The quantitative estimate of drug-likeness (QED) is 0.897. The van der Waals surface area contributed by atoms with Crippen LogP contribution in [0.3, 0.4) is 0 Å². The molecule has 0 spiro atoms. The van der Waals surface area contributed by atoms with E-state index in [2.05, 4.69) is 23.8 Å². The van der Waals surface area contributed by atoms with Crippen LogP contribution in [-0.2, 0) is 6.54 Å². The third-order valence-electron chi connectivity index (χ3n) is 2.64. The van der Waals surface area contributed by atoms with Crippen molar-refractivity contribution in [2.45, 2.75) is 26.3 Å². The number of nitrogens with two attached hydrogens (primary N) is 1. The minimum atomic E-state index is 0.339. The smallest absolute Gasteiger partial charge is 0.322 e. The van der Waals surface area contributed by atoms with Crippen molar-refractivity contribution in [2.75, 3.05) is 0 Å². The SMILES string of the molecule is CC(C)c1ccccc1Oc1nccc(CN)n1. The molecule has 0 atom stereocenters. The van der Waals surface area contributed by atoms with E-state index >= 15 is 0 Å². The summed E-state index contributed by atoms with van der Waals surface area (Å²) in [6.45, 7) is 4.63. The van der Waals surface area contributed by atoms with Gasteiger partial charge in [-0.2, -0.15) is 4.98 Å². The third kappa shape index (κ3) is 2.84. The molecular weight excluding hydrogens is 226 g/mol. The first-order chi connectivity index (χ1) is 8.70. The molecule has 0 amide bonds. The predicted octanol–water partition coefficient (Wildman–Crippen LogP) is 2.85. The Morgan fingerprint density at radius 1 is 1.22 bits per heavy atom. The van der Waals surface area contributed by atoms with E-state index in [0.29, 0.717) is 18.5 Å². The first-order valence-electron chi connectivity index (χ1n) is 5.99. The zero-order valence-corrected chi connectivity index (χ0v) is 10.6. The van der Waals surface area contributed by atoms with Gasteiger partial charge >= 0.3 is 6.01 Å². The predicted molar refractivity (Wildman–Crippen MR) is 70.5 cm³/mol. The molecule has 0 fully saturated rings. The molecule has 0 saturated carbocycles. The maximum Gasteiger partial charge on any atom is 0.322 e. The average molecular weight is 243 g/mol. The van der Waals surface area contributed by atoms with Crippen LogP contribution in [0.4, 0.5) is 0 Å². The molecular formula is C14H17N3O. The van der Waals surface area contributed by atoms with Crippen molar-refractivity contribution in [3.05, 3.63) is 47.8 Å². The summed E-state index contributed by atoms with van der Waals surface area (Å²) in [7, 11) is 0. The number of hydrogen-bond donors (Lipinski definition) is 1. The monoisotopic (exact) mass is 243 g/mol. The van der Waals surface area contributed by atoms with Gasteiger partial charge in [0.25, 0.3) is 0 Å². The molecule has 0 aliphatic rings. The van der Waals surface area contributed by atoms with Gasteiger partial charge in [0, 0.05) is 12.7 Å². The van der Waals surface area contributed by atoms with E-state index in [-0.39, 0.29) is 0 Å². The molecule has 1 aromatic carbocycles. The van der Waals surface area contributed by atoms with Crippen LogP contribution < -0.4 is 10.5 Å². The van der Waals surface area contributed by atoms with Crippen molar-refractivity contribution >= 4 is 0 Å². The molecule has 1 heterocycles. The van der Waals surface area contributed by atoms with Gasteiger partial charge in [0.1, 0.15) is 5.75 Å². The Hall–Kier alpha value is -1.94. The lowest BCUT2D eigenvalue weighted by Crippen LogP contribution is -2.02. The highest BCUT2D eigenvalue weighted by Gasteiger charge is 2.09. The van der Waals surface area contributed by atoms with E-state index in [4.69, 9.17) is 10.5 Å². The molecule has 0 saturated heterocycles. The summed E-state index contributed by atoms with van der Waals surface area (Å²) < 4.78 is 5.74. The molecule has 2 N–H and O–H groups in total. The van der Waals surface area contributed by atoms with Crippen molar-refractivity contribution in [1.82, 2.24) is 9.97 Å². The molecule has 0 aliphatic carbocycles. The Morgan fingerprint density at radius 3 is 2.72 bits per heavy atom. The lowest BCUT2D eigenvalue weighted by Gasteiger charge is -2.12. The van der Waals surface area contributed by atoms with Gasteiger partial charge in [-0.3, -0.25) is 0 Å². The molecule has 0 radical (unpaired) electrons. The summed E-state index contributed by atoms with van der Waals surface area (Å²) in [4.78, 5) is 8.32. The average Bonchev–Trinajstić information content (AvgIpc) is 2.39. The first-order valence-corrected chi connectivity index (χ1v) is 5.99. The Balaban J connectivity index is 2.28. The Labute approximate surface area is 107 Å². The highest BCUT2D eigenvalue weighted by molar-refractivity contribution is 5.37.